The Bertz CT molecular complexity index is 1010. The van der Waals surface area contributed by atoms with Gasteiger partial charge in [-0.25, -0.2) is 9.97 Å². The van der Waals surface area contributed by atoms with Crippen LogP contribution >= 0.6 is 11.3 Å². The van der Waals surface area contributed by atoms with Gasteiger partial charge >= 0.3 is 6.18 Å². The van der Waals surface area contributed by atoms with Crippen molar-refractivity contribution in [2.24, 2.45) is 5.41 Å². The zero-order chi connectivity index (χ0) is 20.7. The highest BCUT2D eigenvalue weighted by atomic mass is 32.1. The molecule has 3 aromatic rings. The zero-order valence-electron chi connectivity index (χ0n) is 16.0. The molecule has 0 atom stereocenters. The number of carbonyl (C=O) groups excluding carboxylic acids is 1. The molecule has 0 spiro atoms. The Morgan fingerprint density at radius 2 is 1.89 bits per heavy atom. The molecule has 9 heteroatoms. The predicted molar refractivity (Wildman–Crippen MR) is 103 cm³/mol. The number of hydrogen-bond donors (Lipinski definition) is 1. The summed E-state index contributed by atoms with van der Waals surface area (Å²) in [4.78, 5) is 21.1. The number of alkyl halides is 3. The van der Waals surface area contributed by atoms with Crippen molar-refractivity contribution in [3.05, 3.63) is 39.8 Å². The number of thiophene rings is 1. The molecular weight excluding hydrogens is 389 g/mol. The van der Waals surface area contributed by atoms with Gasteiger partial charge in [-0.15, -0.1) is 11.3 Å². The molecule has 0 fully saturated rings. The van der Waals surface area contributed by atoms with Crippen molar-refractivity contribution < 1.29 is 18.0 Å². The highest BCUT2D eigenvalue weighted by Crippen LogP contribution is 2.35. The fourth-order valence-electron chi connectivity index (χ4n) is 2.76. The lowest BCUT2D eigenvalue weighted by atomic mass is 9.92. The average molecular weight is 410 g/mol. The number of hydrogen-bond acceptors (Lipinski definition) is 4. The second kappa shape index (κ2) is 7.20. The van der Waals surface area contributed by atoms with Gasteiger partial charge in [-0.1, -0.05) is 20.8 Å². The van der Waals surface area contributed by atoms with E-state index in [0.717, 1.165) is 6.07 Å². The molecule has 0 bridgehead atoms. The van der Waals surface area contributed by atoms with Gasteiger partial charge in [0.15, 0.2) is 11.5 Å². The van der Waals surface area contributed by atoms with Crippen molar-refractivity contribution in [1.29, 1.82) is 0 Å². The highest BCUT2D eigenvalue weighted by molar-refractivity contribution is 7.12. The molecule has 0 aliphatic rings. The fourth-order valence-corrected chi connectivity index (χ4v) is 3.64. The number of fused-ring (bicyclic) bond motifs is 1. The Balaban J connectivity index is 1.82. The van der Waals surface area contributed by atoms with Gasteiger partial charge in [0.1, 0.15) is 10.4 Å². The summed E-state index contributed by atoms with van der Waals surface area (Å²) in [5.74, 6) is 0.261. The van der Waals surface area contributed by atoms with Gasteiger partial charge in [-0.3, -0.25) is 4.79 Å². The lowest BCUT2D eigenvalue weighted by Gasteiger charge is -2.17. The molecule has 0 unspecified atom stereocenters. The van der Waals surface area contributed by atoms with Crippen molar-refractivity contribution >= 4 is 34.2 Å². The van der Waals surface area contributed by atoms with E-state index in [1.807, 2.05) is 20.8 Å². The summed E-state index contributed by atoms with van der Waals surface area (Å²) < 4.78 is 40.1. The predicted octanol–water partition coefficient (Wildman–Crippen LogP) is 5.24. The molecule has 1 N–H and O–H groups in total. The molecule has 150 valence electrons. The number of rotatable bonds is 4. The summed E-state index contributed by atoms with van der Waals surface area (Å²) in [5, 5.41) is 2.79. The maximum atomic E-state index is 12.8. The van der Waals surface area contributed by atoms with Crippen molar-refractivity contribution in [3.63, 3.8) is 0 Å². The molecule has 0 aliphatic carbocycles. The lowest BCUT2D eigenvalue weighted by Crippen LogP contribution is -2.21. The molecule has 3 aromatic heterocycles. The van der Waals surface area contributed by atoms with Crippen LogP contribution in [-0.2, 0) is 17.5 Å². The highest BCUT2D eigenvalue weighted by Gasteiger charge is 2.32. The largest absolute Gasteiger partial charge is 0.425 e. The number of nitrogens with one attached hydrogen (secondary N) is 1. The van der Waals surface area contributed by atoms with Gasteiger partial charge in [-0.2, -0.15) is 13.2 Å². The van der Waals surface area contributed by atoms with Crippen LogP contribution < -0.4 is 5.32 Å². The first-order valence-corrected chi connectivity index (χ1v) is 9.53. The Morgan fingerprint density at radius 3 is 2.50 bits per heavy atom. The van der Waals surface area contributed by atoms with Crippen LogP contribution in [0.25, 0.3) is 11.2 Å². The van der Waals surface area contributed by atoms with Gasteiger partial charge in [0, 0.05) is 17.5 Å². The quantitative estimate of drug-likeness (QED) is 0.640. The molecule has 5 nitrogen and oxygen atoms in total. The SMILES string of the molecule is Cc1nc2c(ccn2Cc2ccc(C(F)(F)F)s2)nc1NC(=O)CC(C)(C)C. The molecule has 28 heavy (non-hydrogen) atoms. The number of aromatic nitrogens is 3. The van der Waals surface area contributed by atoms with Crippen molar-refractivity contribution in [1.82, 2.24) is 14.5 Å². The first-order chi connectivity index (χ1) is 12.9. The van der Waals surface area contributed by atoms with Crippen LogP contribution in [0.5, 0.6) is 0 Å². The molecule has 0 saturated carbocycles. The van der Waals surface area contributed by atoms with E-state index in [2.05, 4.69) is 15.3 Å². The van der Waals surface area contributed by atoms with Crippen molar-refractivity contribution in [3.8, 4) is 0 Å². The third-order valence-corrected chi connectivity index (χ3v) is 5.09. The molecule has 0 saturated heterocycles. The summed E-state index contributed by atoms with van der Waals surface area (Å²) in [5.41, 5.74) is 1.55. The fraction of sp³-hybridized carbons (Fsp3) is 0.421. The monoisotopic (exact) mass is 410 g/mol. The van der Waals surface area contributed by atoms with Gasteiger partial charge in [0.25, 0.3) is 0 Å². The van der Waals surface area contributed by atoms with E-state index in [9.17, 15) is 18.0 Å². The second-order valence-corrected chi connectivity index (χ2v) is 9.03. The van der Waals surface area contributed by atoms with E-state index in [-0.39, 0.29) is 17.9 Å². The summed E-state index contributed by atoms with van der Waals surface area (Å²) in [6.07, 6.45) is -2.25. The molecule has 0 radical (unpaired) electrons. The van der Waals surface area contributed by atoms with Gasteiger partial charge in [0.05, 0.1) is 12.2 Å². The van der Waals surface area contributed by atoms with Crippen LogP contribution in [0, 0.1) is 12.3 Å². The van der Waals surface area contributed by atoms with E-state index in [1.165, 1.54) is 6.07 Å². The maximum absolute atomic E-state index is 12.8. The third-order valence-electron chi connectivity index (χ3n) is 3.98. The van der Waals surface area contributed by atoms with Crippen LogP contribution in [0.1, 0.15) is 42.6 Å². The molecule has 0 aliphatic heterocycles. The minimum absolute atomic E-state index is 0.137. The number of anilines is 1. The molecule has 1 amide bonds. The standard InChI is InChI=1S/C19H21F3N4OS/c1-11-16(25-15(27)9-18(2,3)4)24-13-7-8-26(17(13)23-11)10-12-5-6-14(28-12)19(20,21)22/h5-8H,9-10H2,1-4H3,(H,24,25,27). The number of carbonyl (C=O) groups is 1. The summed E-state index contributed by atoms with van der Waals surface area (Å²) in [7, 11) is 0. The maximum Gasteiger partial charge on any atom is 0.425 e. The topological polar surface area (TPSA) is 59.8 Å². The molecule has 3 heterocycles. The summed E-state index contributed by atoms with van der Waals surface area (Å²) in [6.45, 7) is 7.94. The normalized spacial score (nSPS) is 12.5. The second-order valence-electron chi connectivity index (χ2n) is 7.86. The van der Waals surface area contributed by atoms with E-state index in [1.54, 1.807) is 23.8 Å². The Labute approximate surface area is 164 Å². The van der Waals surface area contributed by atoms with E-state index in [4.69, 9.17) is 0 Å². The first-order valence-electron chi connectivity index (χ1n) is 8.72. The van der Waals surface area contributed by atoms with Crippen LogP contribution in [-0.4, -0.2) is 20.4 Å². The van der Waals surface area contributed by atoms with E-state index in [0.29, 0.717) is 45.3 Å². The third kappa shape index (κ3) is 4.70. The Morgan fingerprint density at radius 1 is 1.18 bits per heavy atom. The lowest BCUT2D eigenvalue weighted by molar-refractivity contribution is -0.134. The molecule has 3 rings (SSSR count). The zero-order valence-corrected chi connectivity index (χ0v) is 16.8. The Kier molecular flexibility index (Phi) is 5.22. The number of nitrogens with zero attached hydrogens (tertiary/aromatic N) is 3. The number of aryl methyl sites for hydroxylation is 1. The number of amides is 1. The van der Waals surface area contributed by atoms with Gasteiger partial charge < -0.3 is 9.88 Å². The first kappa shape index (κ1) is 20.3. The van der Waals surface area contributed by atoms with Gasteiger partial charge in [-0.05, 0) is 30.5 Å². The molecule has 0 aromatic carbocycles. The Hall–Kier alpha value is -2.42. The average Bonchev–Trinajstić information content (AvgIpc) is 3.14. The summed E-state index contributed by atoms with van der Waals surface area (Å²) in [6, 6.07) is 4.30. The van der Waals surface area contributed by atoms with Crippen molar-refractivity contribution in [2.45, 2.75) is 46.8 Å². The van der Waals surface area contributed by atoms with Crippen LogP contribution in [0.4, 0.5) is 19.0 Å². The van der Waals surface area contributed by atoms with E-state index < -0.39 is 11.1 Å². The van der Waals surface area contributed by atoms with Gasteiger partial charge in [0.2, 0.25) is 5.91 Å². The van der Waals surface area contributed by atoms with Crippen molar-refractivity contribution in [2.75, 3.05) is 5.32 Å². The smallest absolute Gasteiger partial charge is 0.326 e. The van der Waals surface area contributed by atoms with Crippen LogP contribution in [0.3, 0.4) is 0 Å². The minimum Gasteiger partial charge on any atom is -0.326 e. The number of halogens is 3. The minimum atomic E-state index is -4.34. The van der Waals surface area contributed by atoms with Crippen LogP contribution in [0.2, 0.25) is 0 Å². The van der Waals surface area contributed by atoms with E-state index >= 15 is 0 Å². The summed E-state index contributed by atoms with van der Waals surface area (Å²) >= 11 is 0.717. The van der Waals surface area contributed by atoms with Crippen LogP contribution in [0.15, 0.2) is 24.4 Å². The molecular formula is C19H21F3N4OS.